The van der Waals surface area contributed by atoms with Gasteiger partial charge in [-0.15, -0.1) is 0 Å². The van der Waals surface area contributed by atoms with Gasteiger partial charge in [-0.05, 0) is 29.8 Å². The van der Waals surface area contributed by atoms with Gasteiger partial charge in [0.15, 0.2) is 0 Å². The lowest BCUT2D eigenvalue weighted by molar-refractivity contribution is 0.305. The minimum atomic E-state index is -0.830. The van der Waals surface area contributed by atoms with Crippen molar-refractivity contribution in [3.63, 3.8) is 0 Å². The van der Waals surface area contributed by atoms with Crippen LogP contribution in [0.4, 0.5) is 4.39 Å². The van der Waals surface area contributed by atoms with E-state index < -0.39 is 5.95 Å². The molecule has 5 nitrogen and oxygen atoms in total. The Bertz CT molecular complexity index is 862. The predicted octanol–water partition coefficient (Wildman–Crippen LogP) is 3.86. The summed E-state index contributed by atoms with van der Waals surface area (Å²) >= 11 is 0. The summed E-state index contributed by atoms with van der Waals surface area (Å²) in [6, 6.07) is 18.4. The van der Waals surface area contributed by atoms with Gasteiger partial charge in [-0.3, -0.25) is 0 Å². The van der Waals surface area contributed by atoms with Crippen LogP contribution in [0.5, 0.6) is 17.4 Å². The van der Waals surface area contributed by atoms with Crippen molar-refractivity contribution in [2.75, 3.05) is 0 Å². The quantitative estimate of drug-likeness (QED) is 0.714. The summed E-state index contributed by atoms with van der Waals surface area (Å²) < 4.78 is 24.1. The molecule has 0 atom stereocenters. The number of hydrogen-bond acceptors (Lipinski definition) is 5. The first-order chi connectivity index (χ1) is 11.7. The monoisotopic (exact) mass is 321 g/mol. The van der Waals surface area contributed by atoms with Crippen LogP contribution >= 0.6 is 0 Å². The van der Waals surface area contributed by atoms with Crippen molar-refractivity contribution in [2.45, 2.75) is 6.61 Å². The molecule has 0 bridgehead atoms. The first-order valence-electron chi connectivity index (χ1n) is 7.12. The SMILES string of the molecule is N#Cc1nc(F)cnc1Oc1ccc(OCc2ccccc2)cc1. The van der Waals surface area contributed by atoms with Crippen molar-refractivity contribution in [2.24, 2.45) is 0 Å². The molecule has 118 valence electrons. The Morgan fingerprint density at radius 1 is 1.00 bits per heavy atom. The summed E-state index contributed by atoms with van der Waals surface area (Å²) in [4.78, 5) is 7.16. The Morgan fingerprint density at radius 3 is 2.42 bits per heavy atom. The molecule has 0 saturated heterocycles. The standard InChI is InChI=1S/C18H12FN3O2/c19-17-11-21-18(16(10-20)22-17)24-15-8-6-14(7-9-15)23-12-13-4-2-1-3-5-13/h1-9,11H,12H2. The lowest BCUT2D eigenvalue weighted by Crippen LogP contribution is -1.97. The molecule has 0 aliphatic heterocycles. The van der Waals surface area contributed by atoms with E-state index >= 15 is 0 Å². The zero-order chi connectivity index (χ0) is 16.8. The van der Waals surface area contributed by atoms with Crippen LogP contribution < -0.4 is 9.47 Å². The zero-order valence-electron chi connectivity index (χ0n) is 12.5. The van der Waals surface area contributed by atoms with Crippen LogP contribution in [0, 0.1) is 17.3 Å². The summed E-state index contributed by atoms with van der Waals surface area (Å²) in [6.07, 6.45) is 0.896. The van der Waals surface area contributed by atoms with Crippen molar-refractivity contribution in [3.8, 4) is 23.4 Å². The highest BCUT2D eigenvalue weighted by atomic mass is 19.1. The molecular formula is C18H12FN3O2. The Hall–Kier alpha value is -3.46. The molecule has 0 N–H and O–H groups in total. The second kappa shape index (κ2) is 7.20. The van der Waals surface area contributed by atoms with Crippen LogP contribution in [0.1, 0.15) is 11.3 Å². The van der Waals surface area contributed by atoms with Crippen LogP contribution in [0.2, 0.25) is 0 Å². The van der Waals surface area contributed by atoms with E-state index in [9.17, 15) is 4.39 Å². The van der Waals surface area contributed by atoms with Gasteiger partial charge in [0, 0.05) is 0 Å². The molecular weight excluding hydrogens is 309 g/mol. The van der Waals surface area contributed by atoms with Gasteiger partial charge in [-0.1, -0.05) is 30.3 Å². The van der Waals surface area contributed by atoms with Crippen LogP contribution in [0.25, 0.3) is 0 Å². The third-order valence-corrected chi connectivity index (χ3v) is 3.10. The van der Waals surface area contributed by atoms with Crippen molar-refractivity contribution in [1.29, 1.82) is 5.26 Å². The minimum Gasteiger partial charge on any atom is -0.489 e. The molecule has 0 spiro atoms. The maximum absolute atomic E-state index is 13.0. The van der Waals surface area contributed by atoms with Gasteiger partial charge in [0.05, 0.1) is 6.20 Å². The molecule has 3 aromatic rings. The molecule has 3 rings (SSSR count). The first-order valence-corrected chi connectivity index (χ1v) is 7.12. The van der Waals surface area contributed by atoms with Crippen LogP contribution in [0.3, 0.4) is 0 Å². The third kappa shape index (κ3) is 3.84. The van der Waals surface area contributed by atoms with E-state index in [0.29, 0.717) is 18.1 Å². The Balaban J connectivity index is 1.66. The first kappa shape index (κ1) is 15.4. The van der Waals surface area contributed by atoms with Gasteiger partial charge in [0.2, 0.25) is 11.6 Å². The van der Waals surface area contributed by atoms with Crippen molar-refractivity contribution in [1.82, 2.24) is 9.97 Å². The average molecular weight is 321 g/mol. The normalized spacial score (nSPS) is 10.0. The van der Waals surface area contributed by atoms with E-state index in [0.717, 1.165) is 11.8 Å². The highest BCUT2D eigenvalue weighted by Crippen LogP contribution is 2.24. The predicted molar refractivity (Wildman–Crippen MR) is 84.0 cm³/mol. The third-order valence-electron chi connectivity index (χ3n) is 3.10. The van der Waals surface area contributed by atoms with Crippen molar-refractivity contribution in [3.05, 3.63) is 78.0 Å². The number of benzene rings is 2. The van der Waals surface area contributed by atoms with Gasteiger partial charge in [0.1, 0.15) is 24.2 Å². The Kier molecular flexibility index (Phi) is 4.63. The van der Waals surface area contributed by atoms with E-state index in [1.54, 1.807) is 30.3 Å². The summed E-state index contributed by atoms with van der Waals surface area (Å²) in [6.45, 7) is 0.461. The van der Waals surface area contributed by atoms with Crippen LogP contribution in [0.15, 0.2) is 60.8 Å². The second-order valence-electron chi connectivity index (χ2n) is 4.81. The van der Waals surface area contributed by atoms with Gasteiger partial charge >= 0.3 is 0 Å². The molecule has 0 amide bonds. The number of ether oxygens (including phenoxy) is 2. The summed E-state index contributed by atoms with van der Waals surface area (Å²) in [5.41, 5.74) is 0.859. The van der Waals surface area contributed by atoms with Crippen LogP contribution in [-0.2, 0) is 6.61 Å². The lowest BCUT2D eigenvalue weighted by atomic mass is 10.2. The van der Waals surface area contributed by atoms with Crippen molar-refractivity contribution >= 4 is 0 Å². The van der Waals surface area contributed by atoms with Gasteiger partial charge < -0.3 is 9.47 Å². The molecule has 24 heavy (non-hydrogen) atoms. The molecule has 1 heterocycles. The summed E-state index contributed by atoms with van der Waals surface area (Å²) in [5, 5.41) is 8.92. The maximum Gasteiger partial charge on any atom is 0.256 e. The number of halogens is 1. The lowest BCUT2D eigenvalue weighted by Gasteiger charge is -2.08. The van der Waals surface area contributed by atoms with E-state index in [1.165, 1.54) is 0 Å². The number of aromatic nitrogens is 2. The molecule has 6 heteroatoms. The van der Waals surface area contributed by atoms with Crippen LogP contribution in [-0.4, -0.2) is 9.97 Å². The molecule has 0 aliphatic rings. The number of hydrogen-bond donors (Lipinski definition) is 0. The molecule has 0 unspecified atom stereocenters. The Morgan fingerprint density at radius 2 is 1.71 bits per heavy atom. The Labute approximate surface area is 137 Å². The molecule has 0 radical (unpaired) electrons. The van der Waals surface area contributed by atoms with E-state index in [-0.39, 0.29) is 11.6 Å². The highest BCUT2D eigenvalue weighted by molar-refractivity contribution is 5.37. The van der Waals surface area contributed by atoms with E-state index in [2.05, 4.69) is 9.97 Å². The molecule has 1 aromatic heterocycles. The number of rotatable bonds is 5. The minimum absolute atomic E-state index is 0.0446. The highest BCUT2D eigenvalue weighted by Gasteiger charge is 2.09. The molecule has 0 aliphatic carbocycles. The fourth-order valence-electron chi connectivity index (χ4n) is 1.96. The van der Waals surface area contributed by atoms with Crippen molar-refractivity contribution < 1.29 is 13.9 Å². The summed E-state index contributed by atoms with van der Waals surface area (Å²) in [7, 11) is 0. The number of nitrogens with zero attached hydrogens (tertiary/aromatic N) is 3. The topological polar surface area (TPSA) is 68.0 Å². The van der Waals surface area contributed by atoms with Gasteiger partial charge in [-0.25, -0.2) is 9.97 Å². The smallest absolute Gasteiger partial charge is 0.256 e. The molecule has 0 saturated carbocycles. The summed E-state index contributed by atoms with van der Waals surface area (Å²) in [5.74, 6) is 0.247. The largest absolute Gasteiger partial charge is 0.489 e. The zero-order valence-corrected chi connectivity index (χ0v) is 12.5. The van der Waals surface area contributed by atoms with Gasteiger partial charge in [-0.2, -0.15) is 9.65 Å². The second-order valence-corrected chi connectivity index (χ2v) is 4.81. The number of nitriles is 1. The molecule has 0 fully saturated rings. The maximum atomic E-state index is 13.0. The van der Waals surface area contributed by atoms with Gasteiger partial charge in [0.25, 0.3) is 5.88 Å². The average Bonchev–Trinajstić information content (AvgIpc) is 2.63. The fraction of sp³-hybridized carbons (Fsp3) is 0.0556. The fourth-order valence-corrected chi connectivity index (χ4v) is 1.96. The molecule has 2 aromatic carbocycles. The van der Waals surface area contributed by atoms with E-state index in [4.69, 9.17) is 14.7 Å². The van der Waals surface area contributed by atoms with E-state index in [1.807, 2.05) is 30.3 Å².